The van der Waals surface area contributed by atoms with Crippen molar-refractivity contribution < 1.29 is 14.3 Å². The molecule has 1 amide bonds. The van der Waals surface area contributed by atoms with Crippen molar-refractivity contribution in [3.63, 3.8) is 0 Å². The van der Waals surface area contributed by atoms with Crippen LogP contribution in [0.2, 0.25) is 0 Å². The fraction of sp³-hybridized carbons (Fsp3) is 0.400. The van der Waals surface area contributed by atoms with E-state index in [0.717, 1.165) is 49.9 Å². The molecule has 1 saturated heterocycles. The number of anilines is 1. The zero-order valence-corrected chi connectivity index (χ0v) is 18.8. The van der Waals surface area contributed by atoms with Gasteiger partial charge in [0.2, 0.25) is 5.91 Å². The highest BCUT2D eigenvalue weighted by molar-refractivity contribution is 5.95. The second-order valence-corrected chi connectivity index (χ2v) is 7.81. The first kappa shape index (κ1) is 22.8. The van der Waals surface area contributed by atoms with Gasteiger partial charge >= 0.3 is 0 Å². The second-order valence-electron chi connectivity index (χ2n) is 7.81. The van der Waals surface area contributed by atoms with E-state index < -0.39 is 0 Å². The number of methoxy groups -OCH3 is 2. The van der Waals surface area contributed by atoms with Crippen molar-refractivity contribution in [1.82, 2.24) is 9.80 Å². The van der Waals surface area contributed by atoms with Crippen molar-refractivity contribution in [2.75, 3.05) is 58.4 Å². The lowest BCUT2D eigenvalue weighted by molar-refractivity contribution is -0.120. The number of hydrogen-bond acceptors (Lipinski definition) is 5. The predicted molar refractivity (Wildman–Crippen MR) is 125 cm³/mol. The monoisotopic (exact) mass is 423 g/mol. The summed E-state index contributed by atoms with van der Waals surface area (Å²) in [4.78, 5) is 19.4. The molecule has 1 heterocycles. The predicted octanol–water partition coefficient (Wildman–Crippen LogP) is 3.35. The van der Waals surface area contributed by atoms with Crippen LogP contribution in [0, 0.1) is 6.92 Å². The van der Waals surface area contributed by atoms with Crippen molar-refractivity contribution in [2.45, 2.75) is 13.5 Å². The van der Waals surface area contributed by atoms with Gasteiger partial charge in [0.1, 0.15) is 0 Å². The highest BCUT2D eigenvalue weighted by atomic mass is 16.5. The molecule has 0 spiro atoms. The number of hydrogen-bond donors (Lipinski definition) is 0. The summed E-state index contributed by atoms with van der Waals surface area (Å²) in [5, 5.41) is 0. The molecule has 0 aromatic heterocycles. The Balaban J connectivity index is 1.56. The van der Waals surface area contributed by atoms with Gasteiger partial charge in [0.05, 0.1) is 20.8 Å². The summed E-state index contributed by atoms with van der Waals surface area (Å²) in [5.74, 6) is 1.63. The Morgan fingerprint density at radius 1 is 1.03 bits per heavy atom. The standard InChI is InChI=1S/C25H33N3O3/c1-5-11-28(22-9-7-6-8-10-22)25(29)19-27-14-12-26(13-15-27)18-21-17-24(31-4)23(30-3)16-20(21)2/h5-10,16-17H,1,11-15,18-19H2,2-4H3. The highest BCUT2D eigenvalue weighted by Crippen LogP contribution is 2.31. The number of ether oxygens (including phenoxy) is 2. The molecule has 1 fully saturated rings. The largest absolute Gasteiger partial charge is 0.493 e. The number of benzene rings is 2. The summed E-state index contributed by atoms with van der Waals surface area (Å²) in [6.07, 6.45) is 1.77. The summed E-state index contributed by atoms with van der Waals surface area (Å²) in [6, 6.07) is 13.9. The summed E-state index contributed by atoms with van der Waals surface area (Å²) in [7, 11) is 3.32. The van der Waals surface area contributed by atoms with Crippen LogP contribution >= 0.6 is 0 Å². The third kappa shape index (κ3) is 5.87. The number of nitrogens with zero attached hydrogens (tertiary/aromatic N) is 3. The fourth-order valence-electron chi connectivity index (χ4n) is 3.90. The number of rotatable bonds is 9. The molecule has 0 unspecified atom stereocenters. The van der Waals surface area contributed by atoms with Crippen molar-refractivity contribution in [1.29, 1.82) is 0 Å². The van der Waals surface area contributed by atoms with E-state index in [1.165, 1.54) is 11.1 Å². The Bertz CT molecular complexity index is 877. The molecule has 0 N–H and O–H groups in total. The van der Waals surface area contributed by atoms with E-state index in [9.17, 15) is 4.79 Å². The zero-order chi connectivity index (χ0) is 22.2. The molecule has 2 aromatic carbocycles. The maximum atomic E-state index is 12.9. The molecule has 1 aliphatic rings. The summed E-state index contributed by atoms with van der Waals surface area (Å²) in [6.45, 7) is 11.3. The minimum atomic E-state index is 0.107. The van der Waals surface area contributed by atoms with Crippen molar-refractivity contribution in [2.24, 2.45) is 0 Å². The molecule has 0 bridgehead atoms. The van der Waals surface area contributed by atoms with Crippen LogP contribution in [0.25, 0.3) is 0 Å². The molecular weight excluding hydrogens is 390 g/mol. The average Bonchev–Trinajstić information content (AvgIpc) is 2.80. The van der Waals surface area contributed by atoms with Crippen molar-refractivity contribution >= 4 is 11.6 Å². The van der Waals surface area contributed by atoms with E-state index in [-0.39, 0.29) is 5.91 Å². The van der Waals surface area contributed by atoms with E-state index in [4.69, 9.17) is 9.47 Å². The van der Waals surface area contributed by atoms with E-state index in [2.05, 4.69) is 29.4 Å². The number of para-hydroxylation sites is 1. The first-order valence-electron chi connectivity index (χ1n) is 10.7. The van der Waals surface area contributed by atoms with Crippen LogP contribution in [-0.4, -0.2) is 69.2 Å². The first-order valence-corrected chi connectivity index (χ1v) is 10.7. The van der Waals surface area contributed by atoms with Crippen LogP contribution < -0.4 is 14.4 Å². The molecule has 0 aliphatic carbocycles. The summed E-state index contributed by atoms with van der Waals surface area (Å²) >= 11 is 0. The van der Waals surface area contributed by atoms with Crippen molar-refractivity contribution in [3.8, 4) is 11.5 Å². The lowest BCUT2D eigenvalue weighted by Gasteiger charge is -2.35. The van der Waals surface area contributed by atoms with Gasteiger partial charge in [-0.1, -0.05) is 24.3 Å². The molecule has 6 nitrogen and oxygen atoms in total. The van der Waals surface area contributed by atoms with Crippen LogP contribution in [-0.2, 0) is 11.3 Å². The van der Waals surface area contributed by atoms with Gasteiger partial charge in [0.25, 0.3) is 0 Å². The van der Waals surface area contributed by atoms with E-state index in [1.807, 2.05) is 36.4 Å². The Hall–Kier alpha value is -2.83. The number of piperazine rings is 1. The van der Waals surface area contributed by atoms with Crippen LogP contribution in [0.5, 0.6) is 11.5 Å². The molecule has 0 saturated carbocycles. The molecule has 2 aromatic rings. The number of carbonyl (C=O) groups excluding carboxylic acids is 1. The lowest BCUT2D eigenvalue weighted by Crippen LogP contribution is -2.50. The van der Waals surface area contributed by atoms with Crippen molar-refractivity contribution in [3.05, 3.63) is 66.2 Å². The minimum absolute atomic E-state index is 0.107. The number of amides is 1. The molecule has 6 heteroatoms. The molecule has 31 heavy (non-hydrogen) atoms. The molecular formula is C25H33N3O3. The van der Waals surface area contributed by atoms with Gasteiger partial charge in [-0.05, 0) is 42.3 Å². The quantitative estimate of drug-likeness (QED) is 0.579. The fourth-order valence-corrected chi connectivity index (χ4v) is 3.90. The van der Waals surface area contributed by atoms with E-state index in [1.54, 1.807) is 25.2 Å². The SMILES string of the molecule is C=CCN(C(=O)CN1CCN(Cc2cc(OC)c(OC)cc2C)CC1)c1ccccc1. The molecule has 0 radical (unpaired) electrons. The van der Waals surface area contributed by atoms with Crippen LogP contribution in [0.4, 0.5) is 5.69 Å². The average molecular weight is 424 g/mol. The van der Waals surface area contributed by atoms with Crippen LogP contribution in [0.1, 0.15) is 11.1 Å². The van der Waals surface area contributed by atoms with Gasteiger partial charge in [-0.15, -0.1) is 6.58 Å². The van der Waals surface area contributed by atoms with Gasteiger partial charge < -0.3 is 14.4 Å². The molecule has 3 rings (SSSR count). The first-order chi connectivity index (χ1) is 15.0. The maximum Gasteiger partial charge on any atom is 0.241 e. The zero-order valence-electron chi connectivity index (χ0n) is 18.8. The van der Waals surface area contributed by atoms with Crippen LogP contribution in [0.3, 0.4) is 0 Å². The summed E-state index contributed by atoms with van der Waals surface area (Å²) < 4.78 is 10.9. The van der Waals surface area contributed by atoms with Gasteiger partial charge in [-0.3, -0.25) is 14.6 Å². The van der Waals surface area contributed by atoms with Gasteiger partial charge in [0, 0.05) is 45.0 Å². The Morgan fingerprint density at radius 2 is 1.65 bits per heavy atom. The Kier molecular flexibility index (Phi) is 8.09. The molecule has 0 atom stereocenters. The smallest absolute Gasteiger partial charge is 0.241 e. The third-order valence-corrected chi connectivity index (χ3v) is 5.74. The molecule has 166 valence electrons. The van der Waals surface area contributed by atoms with Gasteiger partial charge in [-0.25, -0.2) is 0 Å². The Morgan fingerprint density at radius 3 is 2.26 bits per heavy atom. The summed E-state index contributed by atoms with van der Waals surface area (Å²) in [5.41, 5.74) is 3.34. The number of aryl methyl sites for hydroxylation is 1. The second kappa shape index (κ2) is 11.0. The highest BCUT2D eigenvalue weighted by Gasteiger charge is 2.23. The normalized spacial score (nSPS) is 14.8. The number of carbonyl (C=O) groups is 1. The third-order valence-electron chi connectivity index (χ3n) is 5.74. The topological polar surface area (TPSA) is 45.3 Å². The van der Waals surface area contributed by atoms with Crippen LogP contribution in [0.15, 0.2) is 55.1 Å². The van der Waals surface area contributed by atoms with E-state index in [0.29, 0.717) is 13.1 Å². The van der Waals surface area contributed by atoms with Gasteiger partial charge in [0.15, 0.2) is 11.5 Å². The van der Waals surface area contributed by atoms with Gasteiger partial charge in [-0.2, -0.15) is 0 Å². The lowest BCUT2D eigenvalue weighted by atomic mass is 10.1. The van der Waals surface area contributed by atoms with E-state index >= 15 is 0 Å². The molecule has 1 aliphatic heterocycles. The maximum absolute atomic E-state index is 12.9. The Labute approximate surface area is 185 Å². The minimum Gasteiger partial charge on any atom is -0.493 e.